The first-order valence-corrected chi connectivity index (χ1v) is 8.36. The van der Waals surface area contributed by atoms with E-state index in [1.54, 1.807) is 7.11 Å². The first kappa shape index (κ1) is 15.0. The van der Waals surface area contributed by atoms with Gasteiger partial charge >= 0.3 is 0 Å². The molecule has 1 unspecified atom stereocenters. The summed E-state index contributed by atoms with van der Waals surface area (Å²) >= 11 is 0. The third kappa shape index (κ3) is 4.31. The lowest BCUT2D eigenvalue weighted by atomic mass is 10.2. The molecule has 1 aliphatic heterocycles. The highest BCUT2D eigenvalue weighted by Crippen LogP contribution is 2.17. The molecule has 7 nitrogen and oxygen atoms in total. The van der Waals surface area contributed by atoms with Crippen LogP contribution in [0.25, 0.3) is 0 Å². The van der Waals surface area contributed by atoms with Crippen LogP contribution < -0.4 is 10.6 Å². The molecular weight excluding hydrogens is 280 g/mol. The van der Waals surface area contributed by atoms with Crippen molar-refractivity contribution in [3.63, 3.8) is 0 Å². The molecule has 2 N–H and O–H groups in total. The standard InChI is InChI=1S/C12H20N4O3S/c1-9-7-11(15-10-3-6-20(17,18)8-10)16-12(14-9)13-4-5-19-2/h7,10H,3-6,8H2,1-2H3,(H2,13,14,15,16). The summed E-state index contributed by atoms with van der Waals surface area (Å²) in [5.74, 6) is 1.58. The van der Waals surface area contributed by atoms with Crippen LogP contribution in [0.5, 0.6) is 0 Å². The number of nitrogens with zero attached hydrogens (tertiary/aromatic N) is 2. The molecule has 1 aromatic rings. The first-order valence-electron chi connectivity index (χ1n) is 6.54. The Morgan fingerprint density at radius 3 is 2.90 bits per heavy atom. The summed E-state index contributed by atoms with van der Waals surface area (Å²) in [7, 11) is -1.26. The highest BCUT2D eigenvalue weighted by Gasteiger charge is 2.28. The maximum atomic E-state index is 11.4. The summed E-state index contributed by atoms with van der Waals surface area (Å²) in [4.78, 5) is 8.61. The average molecular weight is 300 g/mol. The zero-order chi connectivity index (χ0) is 14.6. The number of hydrogen-bond acceptors (Lipinski definition) is 7. The Morgan fingerprint density at radius 2 is 2.25 bits per heavy atom. The summed E-state index contributed by atoms with van der Waals surface area (Å²) in [6.07, 6.45) is 0.623. The first-order chi connectivity index (χ1) is 9.48. The Morgan fingerprint density at radius 1 is 1.45 bits per heavy atom. The van der Waals surface area contributed by atoms with Gasteiger partial charge in [0.15, 0.2) is 9.84 Å². The molecule has 0 amide bonds. The second kappa shape index (κ2) is 6.36. The number of anilines is 2. The lowest BCUT2D eigenvalue weighted by molar-refractivity contribution is 0.210. The molecule has 112 valence electrons. The topological polar surface area (TPSA) is 93.2 Å². The van der Waals surface area contributed by atoms with E-state index in [1.807, 2.05) is 13.0 Å². The third-order valence-corrected chi connectivity index (χ3v) is 4.80. The normalized spacial score (nSPS) is 20.8. The zero-order valence-electron chi connectivity index (χ0n) is 11.7. The summed E-state index contributed by atoms with van der Waals surface area (Å²) in [6, 6.07) is 1.74. The van der Waals surface area contributed by atoms with Crippen molar-refractivity contribution in [3.8, 4) is 0 Å². The SMILES string of the molecule is COCCNc1nc(C)cc(NC2CCS(=O)(=O)C2)n1. The van der Waals surface area contributed by atoms with E-state index in [0.717, 1.165) is 5.69 Å². The molecule has 0 radical (unpaired) electrons. The van der Waals surface area contributed by atoms with Crippen LogP contribution in [0.1, 0.15) is 12.1 Å². The van der Waals surface area contributed by atoms with Gasteiger partial charge in [0.05, 0.1) is 18.1 Å². The fraction of sp³-hybridized carbons (Fsp3) is 0.667. The average Bonchev–Trinajstić information content (AvgIpc) is 2.68. The zero-order valence-corrected chi connectivity index (χ0v) is 12.5. The van der Waals surface area contributed by atoms with Crippen molar-refractivity contribution in [1.29, 1.82) is 0 Å². The van der Waals surface area contributed by atoms with Gasteiger partial charge < -0.3 is 15.4 Å². The third-order valence-electron chi connectivity index (χ3n) is 3.03. The molecule has 2 heterocycles. The molecule has 1 saturated heterocycles. The number of ether oxygens (including phenoxy) is 1. The number of methoxy groups -OCH3 is 1. The van der Waals surface area contributed by atoms with Crippen LogP contribution in [-0.2, 0) is 14.6 Å². The molecule has 1 fully saturated rings. The molecule has 1 aliphatic rings. The smallest absolute Gasteiger partial charge is 0.224 e. The van der Waals surface area contributed by atoms with Gasteiger partial charge in [-0.2, -0.15) is 4.98 Å². The fourth-order valence-electron chi connectivity index (χ4n) is 2.10. The molecular formula is C12H20N4O3S. The largest absolute Gasteiger partial charge is 0.383 e. The molecule has 20 heavy (non-hydrogen) atoms. The van der Waals surface area contributed by atoms with E-state index < -0.39 is 9.84 Å². The lowest BCUT2D eigenvalue weighted by Gasteiger charge is -2.13. The van der Waals surface area contributed by atoms with Crippen molar-refractivity contribution in [2.45, 2.75) is 19.4 Å². The Hall–Kier alpha value is -1.41. The molecule has 0 aliphatic carbocycles. The highest BCUT2D eigenvalue weighted by molar-refractivity contribution is 7.91. The summed E-state index contributed by atoms with van der Waals surface area (Å²) in [5, 5.41) is 6.23. The van der Waals surface area contributed by atoms with Crippen LogP contribution in [0.4, 0.5) is 11.8 Å². The monoisotopic (exact) mass is 300 g/mol. The second-order valence-corrected chi connectivity index (χ2v) is 7.11. The maximum Gasteiger partial charge on any atom is 0.224 e. The van der Waals surface area contributed by atoms with E-state index in [9.17, 15) is 8.42 Å². The molecule has 0 aromatic carbocycles. The molecule has 8 heteroatoms. The van der Waals surface area contributed by atoms with E-state index in [2.05, 4.69) is 20.6 Å². The Bertz CT molecular complexity index is 562. The van der Waals surface area contributed by atoms with Gasteiger partial charge in [-0.3, -0.25) is 0 Å². The minimum Gasteiger partial charge on any atom is -0.383 e. The van der Waals surface area contributed by atoms with Crippen LogP contribution in [-0.4, -0.2) is 56.2 Å². The maximum absolute atomic E-state index is 11.4. The van der Waals surface area contributed by atoms with Crippen LogP contribution in [0.15, 0.2) is 6.07 Å². The quantitative estimate of drug-likeness (QED) is 0.736. The summed E-state index contributed by atoms with van der Waals surface area (Å²) in [6.45, 7) is 3.07. The van der Waals surface area contributed by atoms with Crippen molar-refractivity contribution in [2.75, 3.05) is 42.4 Å². The molecule has 0 saturated carbocycles. The van der Waals surface area contributed by atoms with Crippen molar-refractivity contribution in [2.24, 2.45) is 0 Å². The van der Waals surface area contributed by atoms with Gasteiger partial charge in [-0.15, -0.1) is 0 Å². The minimum atomic E-state index is -2.89. The molecule has 1 atom stereocenters. The van der Waals surface area contributed by atoms with Gasteiger partial charge in [0.1, 0.15) is 5.82 Å². The van der Waals surface area contributed by atoms with Crippen molar-refractivity contribution >= 4 is 21.6 Å². The predicted molar refractivity (Wildman–Crippen MR) is 77.8 cm³/mol. The van der Waals surface area contributed by atoms with Gasteiger partial charge in [-0.1, -0.05) is 0 Å². The van der Waals surface area contributed by atoms with Gasteiger partial charge in [-0.05, 0) is 13.3 Å². The van der Waals surface area contributed by atoms with E-state index in [4.69, 9.17) is 4.74 Å². The van der Waals surface area contributed by atoms with Crippen molar-refractivity contribution in [1.82, 2.24) is 9.97 Å². The van der Waals surface area contributed by atoms with Gasteiger partial charge in [0, 0.05) is 31.5 Å². The minimum absolute atomic E-state index is 0.0684. The number of aromatic nitrogens is 2. The molecule has 0 bridgehead atoms. The molecule has 2 rings (SSSR count). The van der Waals surface area contributed by atoms with Crippen molar-refractivity contribution < 1.29 is 13.2 Å². The Kier molecular flexibility index (Phi) is 4.77. The summed E-state index contributed by atoms with van der Waals surface area (Å²) in [5.41, 5.74) is 0.822. The molecule has 1 aromatic heterocycles. The Labute approximate surface area is 119 Å². The number of hydrogen-bond donors (Lipinski definition) is 2. The number of nitrogens with one attached hydrogen (secondary N) is 2. The molecule has 0 spiro atoms. The van der Waals surface area contributed by atoms with E-state index in [-0.39, 0.29) is 17.5 Å². The Balaban J connectivity index is 2.00. The fourth-order valence-corrected chi connectivity index (χ4v) is 3.78. The highest BCUT2D eigenvalue weighted by atomic mass is 32.2. The summed E-state index contributed by atoms with van der Waals surface area (Å²) < 4.78 is 27.8. The van der Waals surface area contributed by atoms with Gasteiger partial charge in [0.25, 0.3) is 0 Å². The second-order valence-electron chi connectivity index (χ2n) is 4.88. The predicted octanol–water partition coefficient (Wildman–Crippen LogP) is 0.442. The van der Waals surface area contributed by atoms with E-state index in [1.165, 1.54) is 0 Å². The van der Waals surface area contributed by atoms with Gasteiger partial charge in [-0.25, -0.2) is 13.4 Å². The van der Waals surface area contributed by atoms with Crippen LogP contribution in [0.3, 0.4) is 0 Å². The number of sulfone groups is 1. The van der Waals surface area contributed by atoms with Crippen molar-refractivity contribution in [3.05, 3.63) is 11.8 Å². The number of aryl methyl sites for hydroxylation is 1. The van der Waals surface area contributed by atoms with E-state index in [0.29, 0.717) is 31.3 Å². The van der Waals surface area contributed by atoms with Gasteiger partial charge in [0.2, 0.25) is 5.95 Å². The number of rotatable bonds is 6. The van der Waals surface area contributed by atoms with Crippen LogP contribution in [0, 0.1) is 6.92 Å². The van der Waals surface area contributed by atoms with Crippen LogP contribution >= 0.6 is 0 Å². The van der Waals surface area contributed by atoms with E-state index >= 15 is 0 Å². The lowest BCUT2D eigenvalue weighted by Crippen LogP contribution is -2.22. The van der Waals surface area contributed by atoms with Crippen LogP contribution in [0.2, 0.25) is 0 Å².